The van der Waals surface area contributed by atoms with Crippen LogP contribution in [0.25, 0.3) is 38.9 Å². The van der Waals surface area contributed by atoms with Crippen LogP contribution in [0.3, 0.4) is 0 Å². The molecule has 4 aromatic carbocycles. The van der Waals surface area contributed by atoms with Gasteiger partial charge in [0.2, 0.25) is 0 Å². The fourth-order valence-corrected chi connectivity index (χ4v) is 6.34. The van der Waals surface area contributed by atoms with Crippen LogP contribution in [0.1, 0.15) is 90.8 Å². The number of imidazole rings is 1. The summed E-state index contributed by atoms with van der Waals surface area (Å²) in [7, 11) is 0. The average molecular weight is 808 g/mol. The number of aliphatic hydroxyl groups is 1. The minimum absolute atomic E-state index is 0. The number of hydrogen-bond donors (Lipinski definition) is 1. The van der Waals surface area contributed by atoms with Gasteiger partial charge in [-0.2, -0.15) is 0 Å². The molecule has 47 heavy (non-hydrogen) atoms. The molecule has 0 unspecified atom stereocenters. The molecule has 0 spiro atoms. The van der Waals surface area contributed by atoms with E-state index in [-0.39, 0.29) is 48.9 Å². The Morgan fingerprint density at radius 3 is 2.02 bits per heavy atom. The van der Waals surface area contributed by atoms with Gasteiger partial charge in [0.25, 0.3) is 0 Å². The molecule has 5 aromatic rings. The second-order valence-corrected chi connectivity index (χ2v) is 13.4. The third kappa shape index (κ3) is 8.50. The zero-order chi connectivity index (χ0) is 33.6. The van der Waals surface area contributed by atoms with Crippen molar-refractivity contribution in [1.29, 1.82) is 0 Å². The Hall–Kier alpha value is -3.53. The van der Waals surface area contributed by atoms with E-state index in [1.807, 2.05) is 27.7 Å². The van der Waals surface area contributed by atoms with E-state index in [0.29, 0.717) is 0 Å². The molecule has 0 aliphatic rings. The number of carbonyl (C=O) groups excluding carboxylic acids is 1. The van der Waals surface area contributed by atoms with Crippen LogP contribution in [-0.4, -0.2) is 20.4 Å². The summed E-state index contributed by atoms with van der Waals surface area (Å²) < 4.78 is 2.31. The summed E-state index contributed by atoms with van der Waals surface area (Å²) in [5.74, 6) is 1.49. The van der Waals surface area contributed by atoms with Crippen molar-refractivity contribution in [2.24, 2.45) is 11.8 Å². The Morgan fingerprint density at radius 1 is 0.851 bits per heavy atom. The molecular formula is C42H51IrN2O2-. The van der Waals surface area contributed by atoms with Crippen molar-refractivity contribution >= 4 is 27.6 Å². The van der Waals surface area contributed by atoms with Crippen LogP contribution in [0, 0.1) is 31.7 Å². The Kier molecular flexibility index (Phi) is 13.3. The number of allylic oxidation sites excluding steroid dienone is 2. The summed E-state index contributed by atoms with van der Waals surface area (Å²) in [5.41, 5.74) is 8.15. The van der Waals surface area contributed by atoms with Crippen LogP contribution in [0.5, 0.6) is 0 Å². The first kappa shape index (κ1) is 37.9. The first-order valence-corrected chi connectivity index (χ1v) is 16.9. The fourth-order valence-electron chi connectivity index (χ4n) is 6.34. The number of ketones is 1. The molecule has 0 bridgehead atoms. The smallest absolute Gasteiger partial charge is 0.162 e. The van der Waals surface area contributed by atoms with Crippen LogP contribution in [0.4, 0.5) is 0 Å². The molecule has 1 aromatic heterocycles. The number of aliphatic hydroxyl groups excluding tert-OH is 1. The van der Waals surface area contributed by atoms with Gasteiger partial charge in [-0.1, -0.05) is 108 Å². The first-order valence-electron chi connectivity index (χ1n) is 16.9. The molecule has 0 fully saturated rings. The van der Waals surface area contributed by atoms with Crippen LogP contribution in [0.2, 0.25) is 0 Å². The normalized spacial score (nSPS) is 11.9. The van der Waals surface area contributed by atoms with E-state index in [1.165, 1.54) is 33.8 Å². The van der Waals surface area contributed by atoms with Gasteiger partial charge in [-0.15, -0.1) is 29.1 Å². The Morgan fingerprint density at radius 2 is 1.43 bits per heavy atom. The van der Waals surface area contributed by atoms with E-state index >= 15 is 0 Å². The van der Waals surface area contributed by atoms with E-state index < -0.39 is 0 Å². The monoisotopic (exact) mass is 808 g/mol. The summed E-state index contributed by atoms with van der Waals surface area (Å²) >= 11 is 0. The molecule has 0 saturated carbocycles. The molecule has 1 heterocycles. The maximum atomic E-state index is 11.7. The number of aryl methyl sites for hydroxylation is 2. The number of aromatic nitrogens is 2. The van der Waals surface area contributed by atoms with Crippen molar-refractivity contribution in [1.82, 2.24) is 9.55 Å². The van der Waals surface area contributed by atoms with Crippen molar-refractivity contribution in [3.63, 3.8) is 0 Å². The van der Waals surface area contributed by atoms with E-state index in [0.717, 1.165) is 53.5 Å². The number of hydrogen-bond acceptors (Lipinski definition) is 3. The third-order valence-corrected chi connectivity index (χ3v) is 9.13. The molecule has 1 N–H and O–H groups in total. The topological polar surface area (TPSA) is 55.1 Å². The summed E-state index contributed by atoms with van der Waals surface area (Å²) in [6.45, 7) is 19.2. The zero-order valence-electron chi connectivity index (χ0n) is 29.6. The standard InChI is InChI=1S/C29H27N2.C13H24O2.Ir/c1-19-11-10-12-20(2)27(19)31-26-16-9-8-15-25(26)30-28(31)22-17-21-13-6-7-14-23(21)24(18-22)29(3,4)5;1-5-10(6-2)12(14)9-13(15)11(7-3)8-4;/h6-16,18H,1-5H3;9-11,14H,5-8H2,1-4H3;/q-1;;/b;12-9-;. The number of rotatable bonds is 9. The Bertz CT molecular complexity index is 1820. The number of nitrogens with zero attached hydrogens (tertiary/aromatic N) is 2. The van der Waals surface area contributed by atoms with Gasteiger partial charge in [0.15, 0.2) is 5.78 Å². The molecule has 4 nitrogen and oxygen atoms in total. The average Bonchev–Trinajstić information content (AvgIpc) is 3.41. The van der Waals surface area contributed by atoms with Crippen molar-refractivity contribution in [2.75, 3.05) is 0 Å². The summed E-state index contributed by atoms with van der Waals surface area (Å²) in [6.07, 6.45) is 4.91. The van der Waals surface area contributed by atoms with E-state index in [4.69, 9.17) is 4.98 Å². The zero-order valence-corrected chi connectivity index (χ0v) is 32.0. The van der Waals surface area contributed by atoms with Crippen molar-refractivity contribution < 1.29 is 30.0 Å². The van der Waals surface area contributed by atoms with Crippen molar-refractivity contribution in [2.45, 2.75) is 93.4 Å². The molecule has 0 atom stereocenters. The second-order valence-electron chi connectivity index (χ2n) is 13.4. The third-order valence-electron chi connectivity index (χ3n) is 9.13. The minimum atomic E-state index is 0. The fraction of sp³-hybridized carbons (Fsp3) is 0.381. The Balaban J connectivity index is 0.000000322. The molecule has 0 aliphatic heterocycles. The quantitative estimate of drug-likeness (QED) is 0.0917. The minimum Gasteiger partial charge on any atom is -0.512 e. The van der Waals surface area contributed by atoms with Gasteiger partial charge in [0.05, 0.1) is 22.6 Å². The maximum Gasteiger partial charge on any atom is 0.162 e. The number of benzene rings is 4. The summed E-state index contributed by atoms with van der Waals surface area (Å²) in [6, 6.07) is 29.4. The van der Waals surface area contributed by atoms with E-state index in [2.05, 4.69) is 118 Å². The van der Waals surface area contributed by atoms with Crippen molar-refractivity contribution in [3.8, 4) is 17.1 Å². The van der Waals surface area contributed by atoms with Gasteiger partial charge in [-0.3, -0.25) is 9.78 Å². The van der Waals surface area contributed by atoms with Crippen molar-refractivity contribution in [3.05, 3.63) is 107 Å². The van der Waals surface area contributed by atoms with Crippen LogP contribution >= 0.6 is 0 Å². The van der Waals surface area contributed by atoms with Crippen LogP contribution in [0.15, 0.2) is 84.6 Å². The first-order chi connectivity index (χ1) is 21.9. The molecular weight excluding hydrogens is 757 g/mol. The molecule has 0 saturated heterocycles. The summed E-state index contributed by atoms with van der Waals surface area (Å²) in [4.78, 5) is 16.8. The number of carbonyl (C=O) groups is 1. The molecule has 0 amide bonds. The molecule has 5 heteroatoms. The van der Waals surface area contributed by atoms with Gasteiger partial charge in [-0.05, 0) is 68.2 Å². The maximum absolute atomic E-state index is 11.7. The van der Waals surface area contributed by atoms with Crippen LogP contribution < -0.4 is 0 Å². The van der Waals surface area contributed by atoms with Gasteiger partial charge in [0, 0.05) is 43.7 Å². The SMILES string of the molecule is CCC(CC)C(=O)/C=C(\O)C(CC)CC.Cc1cccc(C)c1-n1c(-c2[c-]c3ccccc3c(C(C)(C)C)c2)nc2ccccc21.[Ir]. The Labute approximate surface area is 295 Å². The molecule has 1 radical (unpaired) electrons. The van der Waals surface area contributed by atoms with E-state index in [9.17, 15) is 9.90 Å². The predicted molar refractivity (Wildman–Crippen MR) is 195 cm³/mol. The largest absolute Gasteiger partial charge is 0.512 e. The van der Waals surface area contributed by atoms with Crippen LogP contribution in [-0.2, 0) is 30.3 Å². The summed E-state index contributed by atoms with van der Waals surface area (Å²) in [5, 5.41) is 12.1. The van der Waals surface area contributed by atoms with E-state index in [1.54, 1.807) is 0 Å². The van der Waals surface area contributed by atoms with Gasteiger partial charge < -0.3 is 9.67 Å². The second kappa shape index (κ2) is 16.5. The van der Waals surface area contributed by atoms with Gasteiger partial charge in [0.1, 0.15) is 0 Å². The van der Waals surface area contributed by atoms with Gasteiger partial charge in [-0.25, -0.2) is 0 Å². The molecule has 5 rings (SSSR count). The predicted octanol–water partition coefficient (Wildman–Crippen LogP) is 11.4. The molecule has 251 valence electrons. The molecule has 0 aliphatic carbocycles. The number of fused-ring (bicyclic) bond motifs is 2. The number of para-hydroxylation sites is 3. The van der Waals surface area contributed by atoms with Gasteiger partial charge >= 0.3 is 0 Å².